The van der Waals surface area contributed by atoms with Gasteiger partial charge in [-0.25, -0.2) is 4.98 Å². The predicted molar refractivity (Wildman–Crippen MR) is 96.0 cm³/mol. The molecule has 1 saturated heterocycles. The van der Waals surface area contributed by atoms with Crippen molar-refractivity contribution in [3.63, 3.8) is 0 Å². The van der Waals surface area contributed by atoms with Crippen LogP contribution in [-0.2, 0) is 18.3 Å². The van der Waals surface area contributed by atoms with Crippen LogP contribution in [0, 0.1) is 5.92 Å². The van der Waals surface area contributed by atoms with E-state index < -0.39 is 0 Å². The Bertz CT molecular complexity index is 911. The maximum atomic E-state index is 12.5. The van der Waals surface area contributed by atoms with Crippen molar-refractivity contribution >= 4 is 16.7 Å². The van der Waals surface area contributed by atoms with Crippen molar-refractivity contribution in [1.29, 1.82) is 0 Å². The molecule has 25 heavy (non-hydrogen) atoms. The number of rotatable bonds is 4. The number of carbonyl (C=O) groups is 1. The van der Waals surface area contributed by atoms with E-state index in [0.717, 1.165) is 53.8 Å². The third-order valence-electron chi connectivity index (χ3n) is 4.74. The lowest BCUT2D eigenvalue weighted by Gasteiger charge is -2.21. The highest BCUT2D eigenvalue weighted by Gasteiger charge is 2.21. The van der Waals surface area contributed by atoms with Crippen LogP contribution in [0.4, 0.5) is 0 Å². The summed E-state index contributed by atoms with van der Waals surface area (Å²) < 4.78 is 1.76. The lowest BCUT2D eigenvalue weighted by Crippen LogP contribution is -2.35. The number of fused-ring (bicyclic) bond motifs is 1. The Balaban J connectivity index is 1.59. The van der Waals surface area contributed by atoms with Gasteiger partial charge in [0.25, 0.3) is 0 Å². The number of carbonyl (C=O) groups excluding carboxylic acids is 1. The molecule has 1 fully saturated rings. The van der Waals surface area contributed by atoms with Crippen LogP contribution in [0.2, 0.25) is 0 Å². The highest BCUT2D eigenvalue weighted by atomic mass is 16.1. The molecule has 1 aliphatic heterocycles. The molecule has 0 spiro atoms. The van der Waals surface area contributed by atoms with Gasteiger partial charge in [-0.15, -0.1) is 0 Å². The van der Waals surface area contributed by atoms with Crippen molar-refractivity contribution < 1.29 is 4.79 Å². The fraction of sp³-hybridized carbons (Fsp3) is 0.368. The average Bonchev–Trinajstić information content (AvgIpc) is 3.08. The van der Waals surface area contributed by atoms with Crippen LogP contribution >= 0.6 is 0 Å². The molecule has 4 rings (SSSR count). The fourth-order valence-electron chi connectivity index (χ4n) is 3.32. The summed E-state index contributed by atoms with van der Waals surface area (Å²) in [6.45, 7) is 1.80. The van der Waals surface area contributed by atoms with Crippen molar-refractivity contribution in [1.82, 2.24) is 25.1 Å². The Hall–Kier alpha value is -2.60. The number of aryl methyl sites for hydroxylation is 1. The second kappa shape index (κ2) is 6.72. The van der Waals surface area contributed by atoms with E-state index in [1.807, 2.05) is 31.4 Å². The number of Topliss-reactive ketones (excluding diaryl/α,β-unsaturated/α-hetero) is 1. The molecule has 0 bridgehead atoms. The lowest BCUT2D eigenvalue weighted by atomic mass is 9.92. The van der Waals surface area contributed by atoms with Crippen molar-refractivity contribution in [3.8, 4) is 11.3 Å². The third-order valence-corrected chi connectivity index (χ3v) is 4.74. The van der Waals surface area contributed by atoms with E-state index in [2.05, 4.69) is 15.4 Å². The number of piperidine rings is 1. The van der Waals surface area contributed by atoms with E-state index in [0.29, 0.717) is 6.42 Å². The summed E-state index contributed by atoms with van der Waals surface area (Å²) in [7, 11) is 1.89. The summed E-state index contributed by atoms with van der Waals surface area (Å²) in [5.41, 5.74) is 3.51. The zero-order chi connectivity index (χ0) is 17.2. The van der Waals surface area contributed by atoms with Crippen LogP contribution in [0.15, 0.2) is 36.8 Å². The minimum absolute atomic E-state index is 0.112. The maximum Gasteiger partial charge on any atom is 0.143 e. The molecule has 0 saturated carbocycles. The zero-order valence-corrected chi connectivity index (χ0v) is 14.3. The number of aromatic nitrogens is 4. The summed E-state index contributed by atoms with van der Waals surface area (Å²) in [6, 6.07) is 5.91. The van der Waals surface area contributed by atoms with Gasteiger partial charge in [0, 0.05) is 55.0 Å². The summed E-state index contributed by atoms with van der Waals surface area (Å²) >= 11 is 0. The summed E-state index contributed by atoms with van der Waals surface area (Å²) in [4.78, 5) is 21.7. The number of pyridine rings is 2. The van der Waals surface area contributed by atoms with Gasteiger partial charge in [-0.2, -0.15) is 5.10 Å². The standard InChI is InChI=1S/C19H21N5O/c1-24-12-15(11-22-24)17-5-4-13-10-21-16(7-18(13)23-17)8-19(25)14-3-2-6-20-9-14/h4-5,7,10-12,14,20H,2-3,6,8-9H2,1H3/t14-/m1/s1. The largest absolute Gasteiger partial charge is 0.316 e. The second-order valence-electron chi connectivity index (χ2n) is 6.65. The summed E-state index contributed by atoms with van der Waals surface area (Å²) in [6.07, 6.45) is 7.96. The van der Waals surface area contributed by atoms with Gasteiger partial charge in [-0.1, -0.05) is 0 Å². The molecule has 0 amide bonds. The minimum atomic E-state index is 0.112. The first kappa shape index (κ1) is 15.9. The number of ketones is 1. The van der Waals surface area contributed by atoms with Crippen molar-refractivity contribution in [2.24, 2.45) is 13.0 Å². The van der Waals surface area contributed by atoms with Gasteiger partial charge in [-0.05, 0) is 37.6 Å². The molecule has 128 valence electrons. The second-order valence-corrected chi connectivity index (χ2v) is 6.65. The van der Waals surface area contributed by atoms with Gasteiger partial charge in [0.05, 0.1) is 17.4 Å². The normalized spacial score (nSPS) is 17.7. The molecule has 0 unspecified atom stereocenters. The molecule has 0 aliphatic carbocycles. The van der Waals surface area contributed by atoms with Crippen LogP contribution in [0.5, 0.6) is 0 Å². The van der Waals surface area contributed by atoms with Gasteiger partial charge < -0.3 is 5.32 Å². The summed E-state index contributed by atoms with van der Waals surface area (Å²) in [5.74, 6) is 0.378. The first-order chi connectivity index (χ1) is 12.2. The van der Waals surface area contributed by atoms with E-state index in [4.69, 9.17) is 4.98 Å². The Morgan fingerprint density at radius 1 is 1.36 bits per heavy atom. The number of hydrogen-bond acceptors (Lipinski definition) is 5. The van der Waals surface area contributed by atoms with Gasteiger partial charge in [0.15, 0.2) is 0 Å². The van der Waals surface area contributed by atoms with E-state index >= 15 is 0 Å². The van der Waals surface area contributed by atoms with Crippen LogP contribution < -0.4 is 5.32 Å². The number of nitrogens with zero attached hydrogens (tertiary/aromatic N) is 4. The molecular weight excluding hydrogens is 314 g/mol. The Kier molecular flexibility index (Phi) is 4.28. The molecule has 4 heterocycles. The fourth-order valence-corrected chi connectivity index (χ4v) is 3.32. The first-order valence-corrected chi connectivity index (χ1v) is 8.67. The van der Waals surface area contributed by atoms with Gasteiger partial charge >= 0.3 is 0 Å². The minimum Gasteiger partial charge on any atom is -0.316 e. The first-order valence-electron chi connectivity index (χ1n) is 8.67. The Morgan fingerprint density at radius 2 is 2.28 bits per heavy atom. The van der Waals surface area contributed by atoms with E-state index in [-0.39, 0.29) is 11.7 Å². The molecule has 0 radical (unpaired) electrons. The molecular formula is C19H21N5O. The quantitative estimate of drug-likeness (QED) is 0.791. The average molecular weight is 335 g/mol. The third kappa shape index (κ3) is 3.44. The predicted octanol–water partition coefficient (Wildman–Crippen LogP) is 2.14. The van der Waals surface area contributed by atoms with Crippen LogP contribution in [-0.4, -0.2) is 38.6 Å². The summed E-state index contributed by atoms with van der Waals surface area (Å²) in [5, 5.41) is 8.47. The van der Waals surface area contributed by atoms with E-state index in [9.17, 15) is 4.79 Å². The molecule has 1 aliphatic rings. The Labute approximate surface area is 146 Å². The number of hydrogen-bond donors (Lipinski definition) is 1. The molecule has 3 aromatic heterocycles. The van der Waals surface area contributed by atoms with Gasteiger partial charge in [0.1, 0.15) is 5.78 Å². The molecule has 1 N–H and O–H groups in total. The smallest absolute Gasteiger partial charge is 0.143 e. The molecule has 0 aromatic carbocycles. The molecule has 6 nitrogen and oxygen atoms in total. The Morgan fingerprint density at radius 3 is 3.04 bits per heavy atom. The zero-order valence-electron chi connectivity index (χ0n) is 14.3. The maximum absolute atomic E-state index is 12.5. The topological polar surface area (TPSA) is 72.7 Å². The molecule has 6 heteroatoms. The van der Waals surface area contributed by atoms with Crippen LogP contribution in [0.3, 0.4) is 0 Å². The van der Waals surface area contributed by atoms with E-state index in [1.54, 1.807) is 17.1 Å². The monoisotopic (exact) mass is 335 g/mol. The SMILES string of the molecule is Cn1cc(-c2ccc3cnc(CC(=O)[C@@H]4CCCNC4)cc3n2)cn1. The van der Waals surface area contributed by atoms with Gasteiger partial charge in [-0.3, -0.25) is 14.5 Å². The van der Waals surface area contributed by atoms with Crippen molar-refractivity contribution in [2.75, 3.05) is 13.1 Å². The van der Waals surface area contributed by atoms with Crippen LogP contribution in [0.1, 0.15) is 18.5 Å². The van der Waals surface area contributed by atoms with E-state index in [1.165, 1.54) is 0 Å². The van der Waals surface area contributed by atoms with Crippen molar-refractivity contribution in [2.45, 2.75) is 19.3 Å². The highest BCUT2D eigenvalue weighted by molar-refractivity contribution is 5.85. The molecule has 3 aromatic rings. The van der Waals surface area contributed by atoms with Crippen LogP contribution in [0.25, 0.3) is 22.2 Å². The number of nitrogens with one attached hydrogen (secondary N) is 1. The highest BCUT2D eigenvalue weighted by Crippen LogP contribution is 2.21. The van der Waals surface area contributed by atoms with Crippen molar-refractivity contribution in [3.05, 3.63) is 42.5 Å². The lowest BCUT2D eigenvalue weighted by molar-refractivity contribution is -0.122. The molecule has 1 atom stereocenters. The van der Waals surface area contributed by atoms with Gasteiger partial charge in [0.2, 0.25) is 0 Å².